The predicted molar refractivity (Wildman–Crippen MR) is 148 cm³/mol. The number of carbonyl (C=O) groups excluding carboxylic acids is 2. The van der Waals surface area contributed by atoms with Crippen molar-refractivity contribution in [2.45, 2.75) is 64.2 Å². The average molecular weight is 489 g/mol. The second kappa shape index (κ2) is 11.8. The topological polar surface area (TPSA) is 64.7 Å². The molecule has 2 aromatic rings. The Bertz CT molecular complexity index is 917. The zero-order chi connectivity index (χ0) is 24.7. The Morgan fingerprint density at radius 1 is 0.528 bits per heavy atom. The number of hydrogen-bond acceptors (Lipinski definition) is 4. The maximum absolute atomic E-state index is 12.9. The fourth-order valence-corrected chi connectivity index (χ4v) is 5.92. The molecule has 0 bridgehead atoms. The molecule has 0 radical (unpaired) electrons. The molecule has 2 heterocycles. The highest BCUT2D eigenvalue weighted by Crippen LogP contribution is 2.31. The minimum atomic E-state index is -0.0281. The molecule has 2 amide bonds. The molecule has 3 aliphatic rings. The van der Waals surface area contributed by atoms with Crippen molar-refractivity contribution in [3.8, 4) is 0 Å². The highest BCUT2D eigenvalue weighted by Gasteiger charge is 2.30. The third-order valence-corrected chi connectivity index (χ3v) is 8.18. The number of amides is 2. The van der Waals surface area contributed by atoms with Gasteiger partial charge in [-0.2, -0.15) is 0 Å². The summed E-state index contributed by atoms with van der Waals surface area (Å²) in [5.74, 6) is 0.0973. The summed E-state index contributed by atoms with van der Waals surface area (Å²) in [6, 6.07) is 16.5. The molecule has 2 aromatic carbocycles. The lowest BCUT2D eigenvalue weighted by atomic mass is 9.81. The maximum atomic E-state index is 12.9. The lowest BCUT2D eigenvalue weighted by molar-refractivity contribution is -0.125. The molecular formula is C30H40N4O2. The zero-order valence-electron chi connectivity index (χ0n) is 21.4. The van der Waals surface area contributed by atoms with Gasteiger partial charge in [0.2, 0.25) is 11.8 Å². The second-order valence-corrected chi connectivity index (χ2v) is 10.7. The Balaban J connectivity index is 1.06. The monoisotopic (exact) mass is 488 g/mol. The number of anilines is 4. The Morgan fingerprint density at radius 2 is 0.861 bits per heavy atom. The first kappa shape index (κ1) is 24.7. The van der Waals surface area contributed by atoms with E-state index in [0.717, 1.165) is 63.2 Å². The third-order valence-electron chi connectivity index (χ3n) is 8.18. The van der Waals surface area contributed by atoms with Crippen molar-refractivity contribution in [2.75, 3.05) is 46.6 Å². The Kier molecular flexibility index (Phi) is 8.09. The summed E-state index contributed by atoms with van der Waals surface area (Å²) in [6.07, 6.45) is 10.7. The van der Waals surface area contributed by atoms with E-state index in [0.29, 0.717) is 0 Å². The van der Waals surface area contributed by atoms with Crippen LogP contribution in [0.25, 0.3) is 0 Å². The normalized spacial score (nSPS) is 22.7. The van der Waals surface area contributed by atoms with Crippen molar-refractivity contribution in [1.29, 1.82) is 0 Å². The van der Waals surface area contributed by atoms with Crippen LogP contribution in [-0.2, 0) is 9.59 Å². The molecule has 2 aliphatic heterocycles. The largest absolute Gasteiger partial charge is 0.372 e. The molecule has 1 aliphatic carbocycles. The molecule has 0 aromatic heterocycles. The summed E-state index contributed by atoms with van der Waals surface area (Å²) >= 11 is 0. The minimum Gasteiger partial charge on any atom is -0.372 e. The van der Waals surface area contributed by atoms with E-state index in [1.54, 1.807) is 0 Å². The fraction of sp³-hybridized carbons (Fsp3) is 0.533. The van der Waals surface area contributed by atoms with Crippen LogP contribution in [0.2, 0.25) is 0 Å². The van der Waals surface area contributed by atoms with E-state index in [1.165, 1.54) is 49.9 Å². The van der Waals surface area contributed by atoms with Crippen molar-refractivity contribution in [3.05, 3.63) is 48.5 Å². The third kappa shape index (κ3) is 6.21. The van der Waals surface area contributed by atoms with E-state index in [4.69, 9.17) is 0 Å². The summed E-state index contributed by atoms with van der Waals surface area (Å²) in [7, 11) is 0. The summed E-state index contributed by atoms with van der Waals surface area (Å²) in [6.45, 7) is 4.47. The van der Waals surface area contributed by atoms with Crippen LogP contribution < -0.4 is 20.4 Å². The Morgan fingerprint density at radius 3 is 1.19 bits per heavy atom. The molecule has 36 heavy (non-hydrogen) atoms. The summed E-state index contributed by atoms with van der Waals surface area (Å²) in [5, 5.41) is 6.19. The molecule has 0 atom stereocenters. The summed E-state index contributed by atoms with van der Waals surface area (Å²) in [5.41, 5.74) is 4.18. The first-order chi connectivity index (χ1) is 17.7. The average Bonchev–Trinajstić information content (AvgIpc) is 2.95. The molecule has 5 rings (SSSR count). The van der Waals surface area contributed by atoms with Gasteiger partial charge in [0, 0.05) is 60.8 Å². The lowest BCUT2D eigenvalue weighted by Crippen LogP contribution is -2.32. The van der Waals surface area contributed by atoms with E-state index in [2.05, 4.69) is 44.7 Å². The maximum Gasteiger partial charge on any atom is 0.227 e. The molecule has 2 saturated heterocycles. The second-order valence-electron chi connectivity index (χ2n) is 10.7. The number of carbonyl (C=O) groups is 2. The smallest absolute Gasteiger partial charge is 0.227 e. The standard InChI is InChI=1S/C30H40N4O2/c35-29(31-25-11-15-27(16-12-25)33-19-3-1-4-20-33)23-7-9-24(10-8-23)30(36)32-26-13-17-28(18-14-26)34-21-5-2-6-22-34/h11-18,23-24H,1-10,19-22H2,(H,31,35)(H,32,36). The number of benzene rings is 2. The van der Waals surface area contributed by atoms with Gasteiger partial charge in [-0.05, 0) is 113 Å². The van der Waals surface area contributed by atoms with Crippen molar-refractivity contribution in [2.24, 2.45) is 11.8 Å². The van der Waals surface area contributed by atoms with Crippen LogP contribution in [0, 0.1) is 11.8 Å². The highest BCUT2D eigenvalue weighted by molar-refractivity contribution is 5.94. The van der Waals surface area contributed by atoms with Gasteiger partial charge in [-0.3, -0.25) is 9.59 Å². The van der Waals surface area contributed by atoms with Gasteiger partial charge in [0.15, 0.2) is 0 Å². The van der Waals surface area contributed by atoms with Crippen LogP contribution in [0.15, 0.2) is 48.5 Å². The van der Waals surface area contributed by atoms with Crippen molar-refractivity contribution in [1.82, 2.24) is 0 Å². The SMILES string of the molecule is O=C(Nc1ccc(N2CCCCC2)cc1)C1CCC(C(=O)Nc2ccc(N3CCCCC3)cc2)CC1. The minimum absolute atomic E-state index is 0.0281. The van der Waals surface area contributed by atoms with Gasteiger partial charge < -0.3 is 20.4 Å². The Labute approximate surface area is 215 Å². The molecule has 2 N–H and O–H groups in total. The van der Waals surface area contributed by atoms with Crippen LogP contribution in [0.1, 0.15) is 64.2 Å². The molecule has 1 saturated carbocycles. The first-order valence-corrected chi connectivity index (χ1v) is 14.0. The number of hydrogen-bond donors (Lipinski definition) is 2. The number of rotatable bonds is 6. The van der Waals surface area contributed by atoms with Gasteiger partial charge in [-0.15, -0.1) is 0 Å². The molecule has 6 nitrogen and oxygen atoms in total. The molecule has 0 unspecified atom stereocenters. The molecule has 6 heteroatoms. The fourth-order valence-electron chi connectivity index (χ4n) is 5.92. The van der Waals surface area contributed by atoms with Gasteiger partial charge in [0.25, 0.3) is 0 Å². The van der Waals surface area contributed by atoms with E-state index >= 15 is 0 Å². The first-order valence-electron chi connectivity index (χ1n) is 14.0. The highest BCUT2D eigenvalue weighted by atomic mass is 16.2. The van der Waals surface area contributed by atoms with E-state index in [9.17, 15) is 9.59 Å². The number of nitrogens with zero attached hydrogens (tertiary/aromatic N) is 2. The number of nitrogens with one attached hydrogen (secondary N) is 2. The van der Waals surface area contributed by atoms with Crippen LogP contribution in [-0.4, -0.2) is 38.0 Å². The van der Waals surface area contributed by atoms with Gasteiger partial charge in [-0.25, -0.2) is 0 Å². The van der Waals surface area contributed by atoms with Gasteiger partial charge in [0.1, 0.15) is 0 Å². The Hall–Kier alpha value is -3.02. The van der Waals surface area contributed by atoms with Crippen molar-refractivity contribution < 1.29 is 9.59 Å². The molecule has 0 spiro atoms. The van der Waals surface area contributed by atoms with E-state index in [-0.39, 0.29) is 23.7 Å². The predicted octanol–water partition coefficient (Wildman–Crippen LogP) is 6.05. The molecular weight excluding hydrogens is 448 g/mol. The van der Waals surface area contributed by atoms with Crippen LogP contribution in [0.5, 0.6) is 0 Å². The van der Waals surface area contributed by atoms with E-state index in [1.807, 2.05) is 24.3 Å². The lowest BCUT2D eigenvalue weighted by Gasteiger charge is -2.29. The van der Waals surface area contributed by atoms with Gasteiger partial charge >= 0.3 is 0 Å². The van der Waals surface area contributed by atoms with Crippen molar-refractivity contribution in [3.63, 3.8) is 0 Å². The van der Waals surface area contributed by atoms with Crippen molar-refractivity contribution >= 4 is 34.6 Å². The summed E-state index contributed by atoms with van der Waals surface area (Å²) in [4.78, 5) is 30.6. The molecule has 192 valence electrons. The van der Waals surface area contributed by atoms with E-state index < -0.39 is 0 Å². The summed E-state index contributed by atoms with van der Waals surface area (Å²) < 4.78 is 0. The quantitative estimate of drug-likeness (QED) is 0.519. The zero-order valence-corrected chi connectivity index (χ0v) is 21.4. The van der Waals surface area contributed by atoms with Crippen LogP contribution in [0.4, 0.5) is 22.7 Å². The van der Waals surface area contributed by atoms with Crippen LogP contribution >= 0.6 is 0 Å². The van der Waals surface area contributed by atoms with Gasteiger partial charge in [-0.1, -0.05) is 0 Å². The number of piperidine rings is 2. The van der Waals surface area contributed by atoms with Crippen LogP contribution in [0.3, 0.4) is 0 Å². The molecule has 3 fully saturated rings. The van der Waals surface area contributed by atoms with Gasteiger partial charge in [0.05, 0.1) is 0 Å².